The highest BCUT2D eigenvalue weighted by molar-refractivity contribution is 7.44. The molecule has 0 bridgehead atoms. The van der Waals surface area contributed by atoms with E-state index >= 15 is 0 Å². The molecule has 2 heterocycles. The van der Waals surface area contributed by atoms with Crippen LogP contribution in [0.3, 0.4) is 0 Å². The molecule has 4 saturated carbocycles. The van der Waals surface area contributed by atoms with E-state index in [0.29, 0.717) is 12.2 Å². The number of hydrogen-bond acceptors (Lipinski definition) is 3. The molecular weight excluding hydrogens is 377 g/mol. The number of nitrogens with zero attached hydrogens (tertiary/aromatic N) is 1. The molecule has 0 N–H and O–H groups in total. The van der Waals surface area contributed by atoms with Gasteiger partial charge in [0.2, 0.25) is 0 Å². The fourth-order valence-electron chi connectivity index (χ4n) is 8.64. The first-order valence-electron chi connectivity index (χ1n) is 13.3. The van der Waals surface area contributed by atoms with Crippen LogP contribution in [0.2, 0.25) is 0 Å². The molecule has 0 aromatic heterocycles. The minimum atomic E-state index is -0.820. The van der Waals surface area contributed by atoms with Gasteiger partial charge in [-0.3, -0.25) is 0 Å². The minimum absolute atomic E-state index is 0.498. The summed E-state index contributed by atoms with van der Waals surface area (Å²) in [5, 5.41) is 0. The molecule has 6 aliphatic rings. The number of rotatable bonds is 1. The summed E-state index contributed by atoms with van der Waals surface area (Å²) in [5.74, 6) is 5.49. The van der Waals surface area contributed by atoms with Crippen molar-refractivity contribution in [1.82, 2.24) is 4.67 Å². The summed E-state index contributed by atoms with van der Waals surface area (Å²) >= 11 is 0. The van der Waals surface area contributed by atoms with E-state index in [1.54, 1.807) is 0 Å². The monoisotopic (exact) mass is 419 g/mol. The van der Waals surface area contributed by atoms with E-state index in [1.165, 1.54) is 109 Å². The summed E-state index contributed by atoms with van der Waals surface area (Å²) in [7, 11) is -0.820. The molecule has 4 aliphatic carbocycles. The second-order valence-electron chi connectivity index (χ2n) is 11.3. The number of fused-ring (bicyclic) bond motifs is 7. The van der Waals surface area contributed by atoms with E-state index in [2.05, 4.69) is 4.67 Å². The average Bonchev–Trinajstić information content (AvgIpc) is 2.97. The lowest BCUT2D eigenvalue weighted by Gasteiger charge is -2.53. The van der Waals surface area contributed by atoms with E-state index < -0.39 is 8.53 Å². The second-order valence-corrected chi connectivity index (χ2v) is 12.7. The molecule has 3 nitrogen and oxygen atoms in total. The van der Waals surface area contributed by atoms with Crippen LogP contribution < -0.4 is 0 Å². The Balaban J connectivity index is 1.33. The van der Waals surface area contributed by atoms with E-state index in [4.69, 9.17) is 9.05 Å². The van der Waals surface area contributed by atoms with E-state index in [1.807, 2.05) is 0 Å². The van der Waals surface area contributed by atoms with Crippen molar-refractivity contribution < 1.29 is 9.05 Å². The van der Waals surface area contributed by atoms with Crippen LogP contribution in [0.5, 0.6) is 0 Å². The maximum atomic E-state index is 7.04. The Hall–Kier alpha value is 0.310. The zero-order valence-electron chi connectivity index (χ0n) is 18.4. The highest BCUT2D eigenvalue weighted by atomic mass is 31.2. The van der Waals surface area contributed by atoms with E-state index in [9.17, 15) is 0 Å². The Morgan fingerprint density at radius 2 is 1.03 bits per heavy atom. The maximum absolute atomic E-state index is 7.04. The molecule has 0 spiro atoms. The predicted molar refractivity (Wildman–Crippen MR) is 118 cm³/mol. The fourth-order valence-corrected chi connectivity index (χ4v) is 10.5. The quantitative estimate of drug-likeness (QED) is 0.431. The third-order valence-electron chi connectivity index (χ3n) is 9.89. The molecule has 6 rings (SSSR count). The predicted octanol–water partition coefficient (Wildman–Crippen LogP) is 6.92. The van der Waals surface area contributed by atoms with Crippen molar-refractivity contribution in [1.29, 1.82) is 0 Å². The van der Waals surface area contributed by atoms with Crippen molar-refractivity contribution in [2.75, 3.05) is 13.1 Å². The third kappa shape index (κ3) is 3.75. The summed E-state index contributed by atoms with van der Waals surface area (Å²) in [6, 6.07) is 0. The first kappa shape index (κ1) is 20.0. The fraction of sp³-hybridized carbons (Fsp3) is 1.00. The van der Waals surface area contributed by atoms with Gasteiger partial charge in [-0.1, -0.05) is 44.9 Å². The van der Waals surface area contributed by atoms with Crippen LogP contribution in [0.25, 0.3) is 0 Å². The van der Waals surface area contributed by atoms with Crippen molar-refractivity contribution in [3.63, 3.8) is 0 Å². The first-order valence-corrected chi connectivity index (χ1v) is 14.4. The van der Waals surface area contributed by atoms with Gasteiger partial charge in [-0.05, 0) is 86.9 Å². The molecule has 0 aromatic rings. The Bertz CT molecular complexity index is 527. The van der Waals surface area contributed by atoms with Crippen molar-refractivity contribution in [3.8, 4) is 0 Å². The van der Waals surface area contributed by atoms with Crippen molar-refractivity contribution >= 4 is 8.53 Å². The van der Waals surface area contributed by atoms with Gasteiger partial charge in [0.25, 0.3) is 8.53 Å². The minimum Gasteiger partial charge on any atom is -0.318 e. The molecule has 164 valence electrons. The van der Waals surface area contributed by atoms with Crippen LogP contribution in [0, 0.1) is 35.5 Å². The van der Waals surface area contributed by atoms with Gasteiger partial charge in [0.15, 0.2) is 0 Å². The van der Waals surface area contributed by atoms with Gasteiger partial charge in [0.1, 0.15) is 0 Å². The van der Waals surface area contributed by atoms with Crippen molar-refractivity contribution in [2.24, 2.45) is 35.5 Å². The zero-order valence-corrected chi connectivity index (χ0v) is 19.2. The van der Waals surface area contributed by atoms with Crippen LogP contribution in [-0.2, 0) is 9.05 Å². The van der Waals surface area contributed by atoms with Gasteiger partial charge < -0.3 is 9.05 Å². The second kappa shape index (κ2) is 8.68. The average molecular weight is 420 g/mol. The van der Waals surface area contributed by atoms with Gasteiger partial charge in [-0.2, -0.15) is 0 Å². The summed E-state index contributed by atoms with van der Waals surface area (Å²) < 4.78 is 16.7. The molecule has 4 heteroatoms. The Kier molecular flexibility index (Phi) is 5.98. The smallest absolute Gasteiger partial charge is 0.259 e. The SMILES string of the molecule is C1CCN(P2OC3CCC4CCCCC4C3C3C(CCC4CCCCC43)O2)CC1. The van der Waals surface area contributed by atoms with Crippen LogP contribution in [0.4, 0.5) is 0 Å². The van der Waals surface area contributed by atoms with Gasteiger partial charge in [-0.25, -0.2) is 4.67 Å². The van der Waals surface area contributed by atoms with Gasteiger partial charge in [-0.15, -0.1) is 0 Å². The molecule has 6 fully saturated rings. The molecule has 0 amide bonds. The van der Waals surface area contributed by atoms with Crippen LogP contribution in [-0.4, -0.2) is 30.0 Å². The standard InChI is InChI=1S/C25H42NO2P/c1-6-16-26(17-7-1)29-27-22-14-12-18-8-2-4-10-20(18)24(22)25-21-11-5-3-9-19(21)13-15-23(25)28-29/h18-25H,1-17H2. The lowest BCUT2D eigenvalue weighted by Crippen LogP contribution is -2.51. The Labute approximate surface area is 179 Å². The maximum Gasteiger partial charge on any atom is 0.259 e. The summed E-state index contributed by atoms with van der Waals surface area (Å²) in [6.07, 6.45) is 22.4. The summed E-state index contributed by atoms with van der Waals surface area (Å²) in [5.41, 5.74) is 0. The molecule has 2 saturated heterocycles. The molecule has 8 atom stereocenters. The highest BCUT2D eigenvalue weighted by Gasteiger charge is 2.55. The highest BCUT2D eigenvalue weighted by Crippen LogP contribution is 2.62. The summed E-state index contributed by atoms with van der Waals surface area (Å²) in [4.78, 5) is 0. The molecule has 29 heavy (non-hydrogen) atoms. The normalized spacial score (nSPS) is 51.1. The van der Waals surface area contributed by atoms with E-state index in [-0.39, 0.29) is 0 Å². The van der Waals surface area contributed by atoms with Crippen molar-refractivity contribution in [2.45, 2.75) is 109 Å². The first-order chi connectivity index (χ1) is 14.4. The number of piperidine rings is 1. The Morgan fingerprint density at radius 3 is 1.59 bits per heavy atom. The van der Waals surface area contributed by atoms with Gasteiger partial charge >= 0.3 is 0 Å². The number of hydrogen-bond donors (Lipinski definition) is 0. The molecule has 0 radical (unpaired) electrons. The van der Waals surface area contributed by atoms with Crippen molar-refractivity contribution in [3.05, 3.63) is 0 Å². The molecule has 8 unspecified atom stereocenters. The van der Waals surface area contributed by atoms with E-state index in [0.717, 1.165) is 35.5 Å². The molecule has 0 aromatic carbocycles. The van der Waals surface area contributed by atoms with Gasteiger partial charge in [0, 0.05) is 13.1 Å². The van der Waals surface area contributed by atoms with Crippen LogP contribution in [0.1, 0.15) is 96.3 Å². The Morgan fingerprint density at radius 1 is 0.517 bits per heavy atom. The van der Waals surface area contributed by atoms with Crippen LogP contribution in [0.15, 0.2) is 0 Å². The third-order valence-corrected chi connectivity index (χ3v) is 11.7. The van der Waals surface area contributed by atoms with Crippen LogP contribution >= 0.6 is 8.53 Å². The molecular formula is C25H42NO2P. The summed E-state index contributed by atoms with van der Waals surface area (Å²) in [6.45, 7) is 2.41. The zero-order chi connectivity index (χ0) is 19.2. The topological polar surface area (TPSA) is 21.7 Å². The van der Waals surface area contributed by atoms with Gasteiger partial charge in [0.05, 0.1) is 12.2 Å². The largest absolute Gasteiger partial charge is 0.318 e. The lowest BCUT2D eigenvalue weighted by atomic mass is 9.53. The molecule has 2 aliphatic heterocycles. The lowest BCUT2D eigenvalue weighted by molar-refractivity contribution is -0.0856.